The van der Waals surface area contributed by atoms with Crippen LogP contribution in [-0.4, -0.2) is 29.0 Å². The zero-order valence-electron chi connectivity index (χ0n) is 15.8. The number of nitrogens with zero attached hydrogens (tertiary/aromatic N) is 3. The predicted molar refractivity (Wildman–Crippen MR) is 109 cm³/mol. The molecule has 1 aliphatic rings. The molecule has 1 amide bonds. The van der Waals surface area contributed by atoms with Gasteiger partial charge in [-0.2, -0.15) is 0 Å². The number of rotatable bonds is 6. The summed E-state index contributed by atoms with van der Waals surface area (Å²) in [6.45, 7) is 3.71. The van der Waals surface area contributed by atoms with Crippen molar-refractivity contribution in [3.05, 3.63) is 77.6 Å². The van der Waals surface area contributed by atoms with Crippen molar-refractivity contribution in [2.75, 3.05) is 23.4 Å². The van der Waals surface area contributed by atoms with Crippen LogP contribution in [0.4, 0.5) is 11.5 Å². The van der Waals surface area contributed by atoms with Gasteiger partial charge in [0.15, 0.2) is 0 Å². The summed E-state index contributed by atoms with van der Waals surface area (Å²) in [6.07, 6.45) is 4.28. The number of carbonyl (C=O) groups is 1. The van der Waals surface area contributed by atoms with Gasteiger partial charge in [0.05, 0.1) is 12.2 Å². The lowest BCUT2D eigenvalue weighted by molar-refractivity contribution is 0.0990. The second kappa shape index (κ2) is 8.08. The minimum atomic E-state index is -0.0368. The third kappa shape index (κ3) is 3.67. The van der Waals surface area contributed by atoms with Crippen LogP contribution in [0.15, 0.2) is 60.9 Å². The van der Waals surface area contributed by atoms with Crippen LogP contribution in [0.3, 0.4) is 0 Å². The fraction of sp³-hybridized carbons (Fsp3) is 0.227. The van der Waals surface area contributed by atoms with E-state index < -0.39 is 0 Å². The highest BCUT2D eigenvalue weighted by atomic mass is 16.5. The van der Waals surface area contributed by atoms with Crippen LogP contribution >= 0.6 is 0 Å². The van der Waals surface area contributed by atoms with E-state index in [0.717, 1.165) is 17.7 Å². The van der Waals surface area contributed by atoms with E-state index >= 15 is 0 Å². The number of anilines is 2. The van der Waals surface area contributed by atoms with Crippen LogP contribution in [0.25, 0.3) is 0 Å². The van der Waals surface area contributed by atoms with Crippen LogP contribution in [0.1, 0.15) is 28.4 Å². The number of amides is 1. The maximum absolute atomic E-state index is 13.2. The van der Waals surface area contributed by atoms with Crippen LogP contribution in [0, 0.1) is 0 Å². The summed E-state index contributed by atoms with van der Waals surface area (Å²) in [6, 6.07) is 15.5. The Morgan fingerprint density at radius 2 is 2.04 bits per heavy atom. The van der Waals surface area contributed by atoms with Gasteiger partial charge in [0.1, 0.15) is 5.82 Å². The Balaban J connectivity index is 1.53. The lowest BCUT2D eigenvalue weighted by atomic mass is 10.1. The fourth-order valence-corrected chi connectivity index (χ4v) is 3.39. The minimum absolute atomic E-state index is 0.0368. The van der Waals surface area contributed by atoms with Crippen LogP contribution in [-0.2, 0) is 13.0 Å². The highest BCUT2D eigenvalue weighted by Crippen LogP contribution is 2.30. The topological polar surface area (TPSA) is 67.3 Å². The summed E-state index contributed by atoms with van der Waals surface area (Å²) >= 11 is 0. The first-order valence-corrected chi connectivity index (χ1v) is 9.42. The average Bonchev–Trinajstić information content (AvgIpc) is 3.17. The number of hydrogen-bond donors (Lipinski definition) is 1. The Morgan fingerprint density at radius 3 is 2.93 bits per heavy atom. The van der Waals surface area contributed by atoms with E-state index in [2.05, 4.69) is 21.4 Å². The molecular weight excluding hydrogens is 352 g/mol. The molecule has 3 aromatic rings. The molecule has 28 heavy (non-hydrogen) atoms. The smallest absolute Gasteiger partial charge is 0.262 e. The summed E-state index contributed by atoms with van der Waals surface area (Å²) in [5.41, 5.74) is 3.76. The van der Waals surface area contributed by atoms with E-state index in [1.807, 2.05) is 48.2 Å². The van der Waals surface area contributed by atoms with Crippen molar-refractivity contribution in [3.63, 3.8) is 0 Å². The number of hydrogen-bond acceptors (Lipinski definition) is 5. The maximum atomic E-state index is 13.2. The molecule has 6 nitrogen and oxygen atoms in total. The van der Waals surface area contributed by atoms with Crippen LogP contribution < -0.4 is 15.0 Å². The van der Waals surface area contributed by atoms with Gasteiger partial charge in [0.2, 0.25) is 5.88 Å². The molecule has 1 N–H and O–H groups in total. The maximum Gasteiger partial charge on any atom is 0.262 e. The lowest BCUT2D eigenvalue weighted by Crippen LogP contribution is -2.29. The SMILES string of the molecule is CCOc1cc(CNc2ncccc2C(=O)N2CCc3ccccc32)ccn1. The average molecular weight is 374 g/mol. The highest BCUT2D eigenvalue weighted by molar-refractivity contribution is 6.10. The molecule has 0 bridgehead atoms. The molecule has 0 radical (unpaired) electrons. The number of nitrogens with one attached hydrogen (secondary N) is 1. The fourth-order valence-electron chi connectivity index (χ4n) is 3.39. The summed E-state index contributed by atoms with van der Waals surface area (Å²) in [7, 11) is 0. The monoisotopic (exact) mass is 374 g/mol. The molecular formula is C22H22N4O2. The van der Waals surface area contributed by atoms with Crippen molar-refractivity contribution < 1.29 is 9.53 Å². The van der Waals surface area contributed by atoms with Gasteiger partial charge in [-0.3, -0.25) is 4.79 Å². The summed E-state index contributed by atoms with van der Waals surface area (Å²) < 4.78 is 5.45. The Morgan fingerprint density at radius 1 is 1.14 bits per heavy atom. The Labute approximate surface area is 164 Å². The first kappa shape index (κ1) is 18.0. The molecule has 0 saturated heterocycles. The van der Waals surface area contributed by atoms with Gasteiger partial charge in [-0.1, -0.05) is 18.2 Å². The normalized spacial score (nSPS) is 12.5. The van der Waals surface area contributed by atoms with Gasteiger partial charge >= 0.3 is 0 Å². The standard InChI is InChI=1S/C22H22N4O2/c1-2-28-20-14-16(9-12-23-20)15-25-21-18(7-5-11-24-21)22(27)26-13-10-17-6-3-4-8-19(17)26/h3-9,11-12,14H,2,10,13,15H2,1H3,(H,24,25). The third-order valence-electron chi connectivity index (χ3n) is 4.72. The molecule has 6 heteroatoms. The first-order valence-electron chi connectivity index (χ1n) is 9.42. The highest BCUT2D eigenvalue weighted by Gasteiger charge is 2.26. The Bertz CT molecular complexity index is 990. The molecule has 0 spiro atoms. The number of benzene rings is 1. The van der Waals surface area contributed by atoms with E-state index in [1.54, 1.807) is 18.5 Å². The van der Waals surface area contributed by atoms with Gasteiger partial charge in [-0.05, 0) is 48.7 Å². The molecule has 0 saturated carbocycles. The molecule has 0 atom stereocenters. The van der Waals surface area contributed by atoms with Crippen molar-refractivity contribution in [3.8, 4) is 5.88 Å². The molecule has 0 fully saturated rings. The van der Waals surface area contributed by atoms with E-state index in [0.29, 0.717) is 37.0 Å². The zero-order valence-corrected chi connectivity index (χ0v) is 15.8. The number of carbonyl (C=O) groups excluding carboxylic acids is 1. The first-order chi connectivity index (χ1) is 13.8. The van der Waals surface area contributed by atoms with Crippen LogP contribution in [0.2, 0.25) is 0 Å². The third-order valence-corrected chi connectivity index (χ3v) is 4.72. The van der Waals surface area contributed by atoms with Gasteiger partial charge < -0.3 is 15.0 Å². The lowest BCUT2D eigenvalue weighted by Gasteiger charge is -2.19. The van der Waals surface area contributed by atoms with Crippen molar-refractivity contribution >= 4 is 17.4 Å². The van der Waals surface area contributed by atoms with Crippen molar-refractivity contribution in [2.45, 2.75) is 19.9 Å². The molecule has 1 aromatic carbocycles. The quantitative estimate of drug-likeness (QED) is 0.713. The molecule has 4 rings (SSSR count). The molecule has 3 heterocycles. The van der Waals surface area contributed by atoms with Crippen LogP contribution in [0.5, 0.6) is 5.88 Å². The summed E-state index contributed by atoms with van der Waals surface area (Å²) in [4.78, 5) is 23.6. The zero-order chi connectivity index (χ0) is 19.3. The summed E-state index contributed by atoms with van der Waals surface area (Å²) in [5.74, 6) is 1.13. The van der Waals surface area contributed by atoms with Gasteiger partial charge in [-0.15, -0.1) is 0 Å². The second-order valence-corrected chi connectivity index (χ2v) is 6.52. The molecule has 1 aliphatic heterocycles. The van der Waals surface area contributed by atoms with Crippen molar-refractivity contribution in [2.24, 2.45) is 0 Å². The molecule has 142 valence electrons. The van der Waals surface area contributed by atoms with Gasteiger partial charge in [0.25, 0.3) is 5.91 Å². The Kier molecular flexibility index (Phi) is 5.19. The molecule has 0 aliphatic carbocycles. The van der Waals surface area contributed by atoms with Gasteiger partial charge in [-0.25, -0.2) is 9.97 Å². The number of pyridine rings is 2. The number of aromatic nitrogens is 2. The largest absolute Gasteiger partial charge is 0.478 e. The number of para-hydroxylation sites is 1. The summed E-state index contributed by atoms with van der Waals surface area (Å²) in [5, 5.41) is 3.29. The van der Waals surface area contributed by atoms with Crippen molar-refractivity contribution in [1.82, 2.24) is 9.97 Å². The number of ether oxygens (including phenoxy) is 1. The molecule has 2 aromatic heterocycles. The minimum Gasteiger partial charge on any atom is -0.478 e. The predicted octanol–water partition coefficient (Wildman–Crippen LogP) is 3.69. The van der Waals surface area contributed by atoms with E-state index in [-0.39, 0.29) is 5.91 Å². The Hall–Kier alpha value is -3.41. The van der Waals surface area contributed by atoms with E-state index in [9.17, 15) is 4.79 Å². The molecule has 0 unspecified atom stereocenters. The van der Waals surface area contributed by atoms with Crippen molar-refractivity contribution in [1.29, 1.82) is 0 Å². The number of fused-ring (bicyclic) bond motifs is 1. The van der Waals surface area contributed by atoms with E-state index in [1.165, 1.54) is 5.56 Å². The second-order valence-electron chi connectivity index (χ2n) is 6.52. The van der Waals surface area contributed by atoms with E-state index in [4.69, 9.17) is 4.74 Å². The van der Waals surface area contributed by atoms with Gasteiger partial charge in [0, 0.05) is 37.2 Å².